The van der Waals surface area contributed by atoms with E-state index in [0.29, 0.717) is 23.1 Å². The Morgan fingerprint density at radius 2 is 1.60 bits per heavy atom. The van der Waals surface area contributed by atoms with Gasteiger partial charge in [-0.1, -0.05) is 0 Å². The van der Waals surface area contributed by atoms with Crippen molar-refractivity contribution in [1.29, 1.82) is 0 Å². The summed E-state index contributed by atoms with van der Waals surface area (Å²) < 4.78 is 68.0. The summed E-state index contributed by atoms with van der Waals surface area (Å²) in [6.45, 7) is 0. The molecule has 0 aliphatic carbocycles. The van der Waals surface area contributed by atoms with Gasteiger partial charge in [0, 0.05) is 23.5 Å². The van der Waals surface area contributed by atoms with Crippen molar-refractivity contribution in [2.75, 3.05) is 5.73 Å². The molecular formula is C19H11F5N6. The Balaban J connectivity index is 1.81. The second-order valence-corrected chi connectivity index (χ2v) is 6.20. The number of nitrogens with two attached hydrogens (primary N) is 1. The number of nitrogen functional groups attached to an aromatic ring is 1. The number of anilines is 1. The molecule has 0 spiro atoms. The van der Waals surface area contributed by atoms with Crippen LogP contribution in [-0.4, -0.2) is 24.5 Å². The number of hydrogen-bond donors (Lipinski definition) is 1. The molecule has 6 nitrogen and oxygen atoms in total. The topological polar surface area (TPSA) is 82.5 Å². The Kier molecular flexibility index (Phi) is 4.65. The Morgan fingerprint density at radius 1 is 0.833 bits per heavy atom. The van der Waals surface area contributed by atoms with E-state index >= 15 is 0 Å². The molecule has 2 N–H and O–H groups in total. The molecule has 0 radical (unpaired) electrons. The zero-order valence-corrected chi connectivity index (χ0v) is 14.9. The van der Waals surface area contributed by atoms with E-state index in [9.17, 15) is 22.0 Å². The fourth-order valence-corrected chi connectivity index (χ4v) is 2.64. The molecule has 0 aliphatic rings. The second-order valence-electron chi connectivity index (χ2n) is 6.20. The fourth-order valence-electron chi connectivity index (χ4n) is 2.64. The average Bonchev–Trinajstić information content (AvgIpc) is 3.20. The second kappa shape index (κ2) is 7.17. The highest BCUT2D eigenvalue weighted by Gasteiger charge is 2.34. The van der Waals surface area contributed by atoms with Crippen LogP contribution in [0, 0.1) is 11.6 Å². The van der Waals surface area contributed by atoms with Crippen LogP contribution in [0.5, 0.6) is 0 Å². The summed E-state index contributed by atoms with van der Waals surface area (Å²) in [7, 11) is 0. The van der Waals surface area contributed by atoms with Crippen molar-refractivity contribution in [2.24, 2.45) is 0 Å². The van der Waals surface area contributed by atoms with Crippen LogP contribution < -0.4 is 5.73 Å². The van der Waals surface area contributed by atoms with Crippen LogP contribution in [0.15, 0.2) is 55.1 Å². The number of halogens is 5. The highest BCUT2D eigenvalue weighted by molar-refractivity contribution is 5.61. The van der Waals surface area contributed by atoms with Crippen molar-refractivity contribution in [3.8, 4) is 28.5 Å². The molecule has 0 bridgehead atoms. The van der Waals surface area contributed by atoms with Crippen LogP contribution in [-0.2, 0) is 6.18 Å². The van der Waals surface area contributed by atoms with Gasteiger partial charge >= 0.3 is 6.18 Å². The monoisotopic (exact) mass is 418 g/mol. The van der Waals surface area contributed by atoms with Crippen molar-refractivity contribution in [2.45, 2.75) is 6.18 Å². The first kappa shape index (κ1) is 19.4. The summed E-state index contributed by atoms with van der Waals surface area (Å²) in [6, 6.07) is 6.57. The quantitative estimate of drug-likeness (QED) is 0.503. The number of alkyl halides is 3. The molecule has 4 aromatic rings. The zero-order chi connectivity index (χ0) is 21.5. The van der Waals surface area contributed by atoms with Gasteiger partial charge in [-0.2, -0.15) is 13.2 Å². The number of benzene rings is 1. The lowest BCUT2D eigenvalue weighted by atomic mass is 10.1. The Bertz CT molecular complexity index is 1220. The van der Waals surface area contributed by atoms with Gasteiger partial charge in [-0.3, -0.25) is 4.57 Å². The number of pyridine rings is 1. The summed E-state index contributed by atoms with van der Waals surface area (Å²) in [5.41, 5.74) is 5.02. The number of imidazole rings is 1. The summed E-state index contributed by atoms with van der Waals surface area (Å²) in [5.74, 6) is -2.37. The van der Waals surface area contributed by atoms with Gasteiger partial charge < -0.3 is 5.73 Å². The molecule has 0 saturated carbocycles. The van der Waals surface area contributed by atoms with Crippen LogP contribution in [0.2, 0.25) is 0 Å². The van der Waals surface area contributed by atoms with E-state index in [4.69, 9.17) is 5.73 Å². The van der Waals surface area contributed by atoms with Gasteiger partial charge in [-0.25, -0.2) is 28.7 Å². The molecule has 1 aromatic carbocycles. The first-order valence-electron chi connectivity index (χ1n) is 8.39. The van der Waals surface area contributed by atoms with Crippen LogP contribution in [0.3, 0.4) is 0 Å². The van der Waals surface area contributed by atoms with Gasteiger partial charge in [0.15, 0.2) is 17.3 Å². The number of hydrogen-bond acceptors (Lipinski definition) is 5. The van der Waals surface area contributed by atoms with E-state index in [-0.39, 0.29) is 17.2 Å². The average molecular weight is 418 g/mol. The minimum absolute atomic E-state index is 0.0360. The smallest absolute Gasteiger partial charge is 0.384 e. The minimum Gasteiger partial charge on any atom is -0.384 e. The normalized spacial score (nSPS) is 11.6. The molecule has 4 rings (SSSR count). The van der Waals surface area contributed by atoms with Crippen molar-refractivity contribution in [3.05, 3.63) is 72.4 Å². The van der Waals surface area contributed by atoms with Gasteiger partial charge in [-0.05, 0) is 36.4 Å². The maximum Gasteiger partial charge on any atom is 0.433 e. The van der Waals surface area contributed by atoms with Crippen LogP contribution in [0.25, 0.3) is 28.5 Å². The molecule has 0 aliphatic heterocycles. The van der Waals surface area contributed by atoms with Gasteiger partial charge in [0.25, 0.3) is 0 Å². The van der Waals surface area contributed by atoms with Crippen LogP contribution in [0.4, 0.5) is 27.8 Å². The third kappa shape index (κ3) is 3.81. The molecule has 0 unspecified atom stereocenters. The first-order chi connectivity index (χ1) is 14.2. The highest BCUT2D eigenvalue weighted by Crippen LogP contribution is 2.31. The Morgan fingerprint density at radius 3 is 2.27 bits per heavy atom. The predicted octanol–water partition coefficient (Wildman–Crippen LogP) is 4.27. The lowest BCUT2D eigenvalue weighted by Crippen LogP contribution is -2.12. The molecule has 0 saturated heterocycles. The maximum absolute atomic E-state index is 13.6. The van der Waals surface area contributed by atoms with E-state index in [0.717, 1.165) is 18.2 Å². The molecule has 11 heteroatoms. The highest BCUT2D eigenvalue weighted by atomic mass is 19.4. The standard InChI is InChI=1S/C19H11F5N6/c20-12-3-1-10(5-13(12)21)14-6-16(19(22,23)24)29-18(28-14)30-8-15(27-9-30)11-2-4-17(25)26-7-11/h1-9H,(H2,25,26). The SMILES string of the molecule is Nc1ccc(-c2cn(-c3nc(-c4ccc(F)c(F)c4)cc(C(F)(F)F)n3)cn2)cn1. The molecular weight excluding hydrogens is 407 g/mol. The van der Waals surface area contributed by atoms with Gasteiger partial charge in [-0.15, -0.1) is 0 Å². The van der Waals surface area contributed by atoms with E-state index in [1.807, 2.05) is 0 Å². The predicted molar refractivity (Wildman–Crippen MR) is 97.2 cm³/mol. The zero-order valence-electron chi connectivity index (χ0n) is 14.9. The molecule has 152 valence electrons. The fraction of sp³-hybridized carbons (Fsp3) is 0.0526. The van der Waals surface area contributed by atoms with Gasteiger partial charge in [0.2, 0.25) is 5.95 Å². The molecule has 30 heavy (non-hydrogen) atoms. The van der Waals surface area contributed by atoms with Gasteiger partial charge in [0.05, 0.1) is 11.4 Å². The third-order valence-corrected chi connectivity index (χ3v) is 4.12. The van der Waals surface area contributed by atoms with Crippen molar-refractivity contribution >= 4 is 5.82 Å². The summed E-state index contributed by atoms with van der Waals surface area (Å²) in [5, 5.41) is 0. The lowest BCUT2D eigenvalue weighted by molar-refractivity contribution is -0.141. The summed E-state index contributed by atoms with van der Waals surface area (Å²) in [6.07, 6.45) is -0.676. The van der Waals surface area contributed by atoms with E-state index < -0.39 is 23.5 Å². The molecule has 0 fully saturated rings. The lowest BCUT2D eigenvalue weighted by Gasteiger charge is -2.11. The minimum atomic E-state index is -4.78. The van der Waals surface area contributed by atoms with Crippen molar-refractivity contribution in [3.63, 3.8) is 0 Å². The van der Waals surface area contributed by atoms with Crippen LogP contribution >= 0.6 is 0 Å². The Hall–Kier alpha value is -3.89. The van der Waals surface area contributed by atoms with Crippen molar-refractivity contribution < 1.29 is 22.0 Å². The largest absolute Gasteiger partial charge is 0.433 e. The van der Waals surface area contributed by atoms with E-state index in [1.54, 1.807) is 12.1 Å². The molecule has 0 amide bonds. The first-order valence-corrected chi connectivity index (χ1v) is 8.39. The Labute approximate surface area is 165 Å². The number of rotatable bonds is 3. The van der Waals surface area contributed by atoms with Gasteiger partial charge in [0.1, 0.15) is 12.1 Å². The third-order valence-electron chi connectivity index (χ3n) is 4.12. The van der Waals surface area contributed by atoms with E-state index in [2.05, 4.69) is 19.9 Å². The van der Waals surface area contributed by atoms with E-state index in [1.165, 1.54) is 23.3 Å². The molecule has 0 atom stereocenters. The molecule has 3 heterocycles. The van der Waals surface area contributed by atoms with Crippen molar-refractivity contribution in [1.82, 2.24) is 24.5 Å². The molecule has 3 aromatic heterocycles. The number of nitrogens with zero attached hydrogens (tertiary/aromatic N) is 5. The number of aromatic nitrogens is 5. The summed E-state index contributed by atoms with van der Waals surface area (Å²) >= 11 is 0. The van der Waals surface area contributed by atoms with Crippen LogP contribution in [0.1, 0.15) is 5.69 Å². The summed E-state index contributed by atoms with van der Waals surface area (Å²) in [4.78, 5) is 15.7. The maximum atomic E-state index is 13.6.